The topological polar surface area (TPSA) is 93.3 Å². The summed E-state index contributed by atoms with van der Waals surface area (Å²) in [6, 6.07) is 5.53. The Bertz CT molecular complexity index is 928. The van der Waals surface area contributed by atoms with Gasteiger partial charge in [-0.25, -0.2) is 0 Å². The maximum Gasteiger partial charge on any atom is 0.251 e. The maximum absolute atomic E-state index is 13.6. The summed E-state index contributed by atoms with van der Waals surface area (Å²) in [6.07, 6.45) is 1.03. The van der Waals surface area contributed by atoms with E-state index in [-0.39, 0.29) is 48.6 Å². The first-order valence-corrected chi connectivity index (χ1v) is 11.8. The van der Waals surface area contributed by atoms with Crippen LogP contribution in [-0.2, 0) is 14.4 Å². The molecule has 34 heavy (non-hydrogen) atoms. The predicted octanol–water partition coefficient (Wildman–Crippen LogP) is 0.840. The molecule has 0 spiro atoms. The van der Waals surface area contributed by atoms with Gasteiger partial charge in [0.05, 0.1) is 19.1 Å². The quantitative estimate of drug-likeness (QED) is 0.604. The van der Waals surface area contributed by atoms with E-state index in [1.165, 1.54) is 0 Å². The summed E-state index contributed by atoms with van der Waals surface area (Å²) in [5, 5.41) is 2.90. The number of carbonyl (C=O) groups is 4. The molecule has 2 aliphatic heterocycles. The largest absolute Gasteiger partial charge is 0.378 e. The van der Waals surface area contributed by atoms with Gasteiger partial charge in [0.15, 0.2) is 5.78 Å². The number of likely N-dealkylation sites (N-methyl/N-ethyl adjacent to an activating group) is 1. The van der Waals surface area contributed by atoms with E-state index < -0.39 is 12.1 Å². The van der Waals surface area contributed by atoms with Crippen LogP contribution in [0.4, 0.5) is 5.69 Å². The second kappa shape index (κ2) is 10.5. The van der Waals surface area contributed by atoms with E-state index in [9.17, 15) is 19.2 Å². The lowest BCUT2D eigenvalue weighted by Crippen LogP contribution is -2.53. The lowest BCUT2D eigenvalue weighted by molar-refractivity contribution is -0.138. The third-order valence-electron chi connectivity index (χ3n) is 6.43. The highest BCUT2D eigenvalue weighted by Crippen LogP contribution is 2.31. The number of benzene rings is 1. The average molecular weight is 472 g/mol. The molecule has 0 saturated carbocycles. The number of anilines is 1. The Labute approximate surface area is 202 Å². The van der Waals surface area contributed by atoms with Crippen LogP contribution in [-0.4, -0.2) is 104 Å². The summed E-state index contributed by atoms with van der Waals surface area (Å²) in [5.74, 6) is -0.623. The third kappa shape index (κ3) is 5.58. The first kappa shape index (κ1) is 25.7. The van der Waals surface area contributed by atoms with Gasteiger partial charge in [-0.05, 0) is 57.1 Å². The summed E-state index contributed by atoms with van der Waals surface area (Å²) in [6.45, 7) is 4.64. The fourth-order valence-electron chi connectivity index (χ4n) is 4.80. The average Bonchev–Trinajstić information content (AvgIpc) is 3.33. The van der Waals surface area contributed by atoms with E-state index in [4.69, 9.17) is 0 Å². The Morgan fingerprint density at radius 3 is 2.26 bits per heavy atom. The van der Waals surface area contributed by atoms with Crippen LogP contribution >= 0.6 is 0 Å². The standard InChI is InChI=1S/C25H37N5O4/c1-16(2)13-19(26-24(33)17-7-9-18(10-8-17)28(5)6)25(34)29-12-11-20-23(29)21(31)14-30(20)22(32)15-27(3)4/h7-10,16,19-20,23H,11-15H2,1-6H3,(H,26,33)/t19-,20+,23-/m0/s1. The van der Waals surface area contributed by atoms with Crippen LogP contribution in [0.25, 0.3) is 0 Å². The third-order valence-corrected chi connectivity index (χ3v) is 6.43. The molecule has 2 heterocycles. The van der Waals surface area contributed by atoms with Crippen molar-refractivity contribution in [2.75, 3.05) is 52.7 Å². The number of fused-ring (bicyclic) bond motifs is 1. The number of nitrogens with one attached hydrogen (secondary N) is 1. The molecule has 186 valence electrons. The van der Waals surface area contributed by atoms with Gasteiger partial charge < -0.3 is 24.9 Å². The molecule has 1 aromatic carbocycles. The van der Waals surface area contributed by atoms with Gasteiger partial charge in [0.2, 0.25) is 11.8 Å². The predicted molar refractivity (Wildman–Crippen MR) is 131 cm³/mol. The van der Waals surface area contributed by atoms with E-state index in [2.05, 4.69) is 5.32 Å². The van der Waals surface area contributed by atoms with Crippen molar-refractivity contribution in [2.45, 2.75) is 44.8 Å². The second-order valence-corrected chi connectivity index (χ2v) is 10.2. The molecule has 0 unspecified atom stereocenters. The van der Waals surface area contributed by atoms with Crippen LogP contribution in [0.1, 0.15) is 37.0 Å². The number of hydrogen-bond acceptors (Lipinski definition) is 6. The number of hydrogen-bond donors (Lipinski definition) is 1. The number of amides is 3. The Balaban J connectivity index is 1.74. The lowest BCUT2D eigenvalue weighted by Gasteiger charge is -2.29. The Kier molecular flexibility index (Phi) is 7.97. The van der Waals surface area contributed by atoms with Gasteiger partial charge in [-0.2, -0.15) is 0 Å². The number of carbonyl (C=O) groups excluding carboxylic acids is 4. The van der Waals surface area contributed by atoms with E-state index in [0.29, 0.717) is 24.9 Å². The van der Waals surface area contributed by atoms with Crippen molar-refractivity contribution in [1.82, 2.24) is 20.0 Å². The zero-order valence-electron chi connectivity index (χ0n) is 21.1. The van der Waals surface area contributed by atoms with Crippen LogP contribution < -0.4 is 10.2 Å². The smallest absolute Gasteiger partial charge is 0.251 e. The molecule has 3 amide bonds. The molecule has 3 atom stereocenters. The molecule has 0 aliphatic carbocycles. The minimum atomic E-state index is -0.737. The monoisotopic (exact) mass is 471 g/mol. The number of rotatable bonds is 8. The van der Waals surface area contributed by atoms with Crippen molar-refractivity contribution in [3.05, 3.63) is 29.8 Å². The first-order valence-electron chi connectivity index (χ1n) is 11.8. The van der Waals surface area contributed by atoms with E-state index in [0.717, 1.165) is 5.69 Å². The Morgan fingerprint density at radius 1 is 1.06 bits per heavy atom. The molecular formula is C25H37N5O4. The van der Waals surface area contributed by atoms with Crippen LogP contribution in [0.5, 0.6) is 0 Å². The Hall–Kier alpha value is -2.94. The zero-order valence-corrected chi connectivity index (χ0v) is 21.1. The molecule has 2 fully saturated rings. The van der Waals surface area contributed by atoms with Crippen molar-refractivity contribution in [1.29, 1.82) is 0 Å². The summed E-state index contributed by atoms with van der Waals surface area (Å²) < 4.78 is 0. The van der Waals surface area contributed by atoms with Gasteiger partial charge in [0.1, 0.15) is 12.1 Å². The van der Waals surface area contributed by atoms with E-state index in [1.807, 2.05) is 59.1 Å². The summed E-state index contributed by atoms with van der Waals surface area (Å²) in [4.78, 5) is 58.9. The SMILES string of the molecule is CC(C)C[C@H](NC(=O)c1ccc(N(C)C)cc1)C(=O)N1CC[C@@H]2[C@H]1C(=O)CN2C(=O)CN(C)C. The maximum atomic E-state index is 13.6. The fraction of sp³-hybridized carbons (Fsp3) is 0.600. The first-order chi connectivity index (χ1) is 16.0. The van der Waals surface area contributed by atoms with Gasteiger partial charge >= 0.3 is 0 Å². The molecule has 0 bridgehead atoms. The van der Waals surface area contributed by atoms with Crippen molar-refractivity contribution in [2.24, 2.45) is 5.92 Å². The Morgan fingerprint density at radius 2 is 1.71 bits per heavy atom. The van der Waals surface area contributed by atoms with Gasteiger partial charge in [-0.15, -0.1) is 0 Å². The molecule has 9 nitrogen and oxygen atoms in total. The fourth-order valence-corrected chi connectivity index (χ4v) is 4.80. The molecule has 2 saturated heterocycles. The normalized spacial score (nSPS) is 20.6. The van der Waals surface area contributed by atoms with Crippen LogP contribution in [0.2, 0.25) is 0 Å². The van der Waals surface area contributed by atoms with Gasteiger partial charge in [0.25, 0.3) is 5.91 Å². The van der Waals surface area contributed by atoms with Crippen molar-refractivity contribution in [3.63, 3.8) is 0 Å². The van der Waals surface area contributed by atoms with Crippen molar-refractivity contribution >= 4 is 29.2 Å². The van der Waals surface area contributed by atoms with E-state index in [1.54, 1.807) is 26.8 Å². The van der Waals surface area contributed by atoms with Crippen LogP contribution in [0, 0.1) is 5.92 Å². The minimum absolute atomic E-state index is 0.0330. The molecule has 9 heteroatoms. The van der Waals surface area contributed by atoms with Gasteiger partial charge in [-0.1, -0.05) is 13.8 Å². The number of likely N-dealkylation sites (tertiary alicyclic amines) is 2. The van der Waals surface area contributed by atoms with Crippen LogP contribution in [0.15, 0.2) is 24.3 Å². The van der Waals surface area contributed by atoms with Gasteiger partial charge in [0, 0.05) is 31.9 Å². The molecule has 3 rings (SSSR count). The molecule has 0 radical (unpaired) electrons. The highest BCUT2D eigenvalue weighted by atomic mass is 16.2. The minimum Gasteiger partial charge on any atom is -0.378 e. The number of nitrogens with zero attached hydrogens (tertiary/aromatic N) is 4. The highest BCUT2D eigenvalue weighted by molar-refractivity contribution is 6.01. The number of Topliss-reactive ketones (excluding diaryl/α,β-unsaturated/α-hetero) is 1. The zero-order chi connectivity index (χ0) is 25.2. The molecular weight excluding hydrogens is 434 g/mol. The van der Waals surface area contributed by atoms with Crippen LogP contribution in [0.3, 0.4) is 0 Å². The molecule has 1 aromatic rings. The molecule has 0 aromatic heterocycles. The second-order valence-electron chi connectivity index (χ2n) is 10.2. The molecule has 2 aliphatic rings. The highest BCUT2D eigenvalue weighted by Gasteiger charge is 2.52. The summed E-state index contributed by atoms with van der Waals surface area (Å²) >= 11 is 0. The van der Waals surface area contributed by atoms with E-state index >= 15 is 0 Å². The summed E-state index contributed by atoms with van der Waals surface area (Å²) in [5.41, 5.74) is 1.45. The van der Waals surface area contributed by atoms with Crippen molar-refractivity contribution < 1.29 is 19.2 Å². The van der Waals surface area contributed by atoms with Crippen molar-refractivity contribution in [3.8, 4) is 0 Å². The number of ketones is 1. The molecule has 1 N–H and O–H groups in total. The lowest BCUT2D eigenvalue weighted by atomic mass is 10.0. The summed E-state index contributed by atoms with van der Waals surface area (Å²) in [7, 11) is 7.47. The van der Waals surface area contributed by atoms with Gasteiger partial charge in [-0.3, -0.25) is 19.2 Å².